The second kappa shape index (κ2) is 30.2. The highest BCUT2D eigenvalue weighted by molar-refractivity contribution is 9.10. The molecule has 22 heteroatoms. The fourth-order valence-electron chi connectivity index (χ4n) is 9.84. The zero-order valence-electron chi connectivity index (χ0n) is 49.7. The maximum atomic E-state index is 15.1. The van der Waals surface area contributed by atoms with Gasteiger partial charge in [0.25, 0.3) is 23.6 Å². The number of hydrogen-bond acceptors (Lipinski definition) is 14. The van der Waals surface area contributed by atoms with Crippen LogP contribution < -0.4 is 0 Å². The number of carbonyl (C=O) groups is 8. The zero-order valence-corrected chi connectivity index (χ0v) is 52.9. The minimum atomic E-state index is -1.55. The molecule has 448 valence electrons. The molecule has 0 aliphatic carbocycles. The molecular formula is C60H82Br2N8O12. The van der Waals surface area contributed by atoms with Crippen LogP contribution in [0.4, 0.5) is 0 Å². The fourth-order valence-corrected chi connectivity index (χ4v) is 10.5. The van der Waals surface area contributed by atoms with Gasteiger partial charge in [0.05, 0.1) is 34.4 Å². The van der Waals surface area contributed by atoms with Gasteiger partial charge in [-0.2, -0.15) is 10.2 Å². The molecule has 5 rings (SSSR count). The normalized spacial score (nSPS) is 23.0. The van der Waals surface area contributed by atoms with E-state index in [9.17, 15) is 28.8 Å². The number of amides is 4. The van der Waals surface area contributed by atoms with Crippen molar-refractivity contribution in [2.24, 2.45) is 23.7 Å². The van der Waals surface area contributed by atoms with Crippen molar-refractivity contribution in [3.05, 3.63) is 105 Å². The molecule has 0 unspecified atom stereocenters. The molecule has 1 saturated heterocycles. The molecule has 1 aliphatic rings. The van der Waals surface area contributed by atoms with Gasteiger partial charge in [0.15, 0.2) is 24.4 Å². The first-order valence-corrected chi connectivity index (χ1v) is 29.5. The standard InChI is InChI=1S/C60H82Br2N8O12/c1-35(2)21-47-57(75)79-39(9)53(71)65(11)50(24-38(7)8)60(78)82-52(28-42-18-16-20-44(26-42)32-70-34-46(62)30-64-70)56(74)68(14)48(22-36(3)4)58(76)80-40(10)54(72)66(12)49(23-37(5)6)59(77)81-51(55(73)67(47)13)27-41-17-15-19-43(25-41)31-69-33-45(61)29-63-69/h15-20,25-26,29-30,33-40,47-52H,21-24,27-28,31-32H2,1-14H3/t39-,40-,47+,48+,49+,50+,51-,52-/m1/s1. The Labute approximate surface area is 499 Å². The van der Waals surface area contributed by atoms with Crippen molar-refractivity contribution in [1.29, 1.82) is 0 Å². The van der Waals surface area contributed by atoms with E-state index in [1.54, 1.807) is 46.0 Å². The fraction of sp³-hybridized carbons (Fsp3) is 0.567. The van der Waals surface area contributed by atoms with Crippen molar-refractivity contribution in [3.8, 4) is 0 Å². The predicted molar refractivity (Wildman–Crippen MR) is 313 cm³/mol. The van der Waals surface area contributed by atoms with Gasteiger partial charge in [0, 0.05) is 53.4 Å². The number of esters is 4. The van der Waals surface area contributed by atoms with E-state index in [1.165, 1.54) is 42.0 Å². The van der Waals surface area contributed by atoms with Crippen LogP contribution in [0.1, 0.15) is 117 Å². The van der Waals surface area contributed by atoms with E-state index in [-0.39, 0.29) is 62.2 Å². The Morgan fingerprint density at radius 3 is 1.00 bits per heavy atom. The third-order valence-electron chi connectivity index (χ3n) is 14.2. The van der Waals surface area contributed by atoms with Gasteiger partial charge in [-0.1, -0.05) is 104 Å². The Balaban J connectivity index is 1.61. The summed E-state index contributed by atoms with van der Waals surface area (Å²) in [6, 6.07) is 9.46. The second-order valence-electron chi connectivity index (χ2n) is 23.1. The molecule has 0 bridgehead atoms. The van der Waals surface area contributed by atoms with Crippen molar-refractivity contribution < 1.29 is 57.3 Å². The van der Waals surface area contributed by atoms with E-state index in [0.29, 0.717) is 24.2 Å². The van der Waals surface area contributed by atoms with Crippen molar-refractivity contribution in [1.82, 2.24) is 39.2 Å². The molecule has 0 spiro atoms. The Bertz CT molecular complexity index is 2660. The van der Waals surface area contributed by atoms with E-state index in [2.05, 4.69) is 42.1 Å². The number of carbonyl (C=O) groups excluding carboxylic acids is 8. The van der Waals surface area contributed by atoms with Crippen LogP contribution >= 0.6 is 31.9 Å². The van der Waals surface area contributed by atoms with Crippen LogP contribution in [0.5, 0.6) is 0 Å². The summed E-state index contributed by atoms with van der Waals surface area (Å²) in [5.74, 6) is -7.52. The molecule has 8 atom stereocenters. The number of cyclic esters (lactones) is 4. The average molecular weight is 1270 g/mol. The summed E-state index contributed by atoms with van der Waals surface area (Å²) in [5.41, 5.74) is 2.87. The lowest BCUT2D eigenvalue weighted by molar-refractivity contribution is -0.176. The zero-order chi connectivity index (χ0) is 60.9. The molecule has 1 aliphatic heterocycles. The van der Waals surface area contributed by atoms with Gasteiger partial charge in [-0.15, -0.1) is 0 Å². The number of halogens is 2. The first-order chi connectivity index (χ1) is 38.5. The molecule has 2 aromatic carbocycles. The van der Waals surface area contributed by atoms with Crippen molar-refractivity contribution >= 4 is 79.4 Å². The van der Waals surface area contributed by atoms with Gasteiger partial charge >= 0.3 is 23.9 Å². The Kier molecular flexibility index (Phi) is 24.5. The first-order valence-electron chi connectivity index (χ1n) is 27.9. The number of benzene rings is 2. The van der Waals surface area contributed by atoms with Crippen molar-refractivity contribution in [2.45, 2.75) is 169 Å². The number of hydrogen-bond donors (Lipinski definition) is 0. The van der Waals surface area contributed by atoms with Gasteiger partial charge in [0.1, 0.15) is 24.2 Å². The quantitative estimate of drug-likeness (QED) is 0.0776. The Morgan fingerprint density at radius 1 is 0.439 bits per heavy atom. The SMILES string of the molecule is CC(C)C[C@H]1C(=O)O[C@H](Cc2cccc(Cn3cc(Br)cn3)c2)C(=O)N(C)[C@@H](CC(C)C)C(=O)O[C@H](C)C(=O)N(C)[C@@H](CC(C)C)C(=O)O[C@H](Cc2cccc(Cn3cc(Br)cn3)c2)C(=O)N(C)[C@@H](CC(C)C)C(=O)O[C@H](C)C(=O)N1C. The molecular weight excluding hydrogens is 1180 g/mol. The highest BCUT2D eigenvalue weighted by Crippen LogP contribution is 2.25. The summed E-state index contributed by atoms with van der Waals surface area (Å²) in [6.45, 7) is 18.3. The number of nitrogens with zero attached hydrogens (tertiary/aromatic N) is 8. The van der Waals surface area contributed by atoms with Gasteiger partial charge in [-0.05, 0) is 117 Å². The van der Waals surface area contributed by atoms with Crippen molar-refractivity contribution in [2.75, 3.05) is 28.2 Å². The highest BCUT2D eigenvalue weighted by Gasteiger charge is 2.43. The molecule has 0 saturated carbocycles. The van der Waals surface area contributed by atoms with Crippen LogP contribution in [0.25, 0.3) is 0 Å². The number of ether oxygens (including phenoxy) is 4. The summed E-state index contributed by atoms with van der Waals surface area (Å²) in [5, 5.41) is 8.72. The molecule has 0 N–H and O–H groups in total. The highest BCUT2D eigenvalue weighted by atomic mass is 79.9. The predicted octanol–water partition coefficient (Wildman–Crippen LogP) is 7.68. The van der Waals surface area contributed by atoms with Gasteiger partial charge in [0.2, 0.25) is 0 Å². The van der Waals surface area contributed by atoms with Crippen LogP contribution in [0, 0.1) is 23.7 Å². The second-order valence-corrected chi connectivity index (χ2v) is 25.0. The average Bonchev–Trinajstić information content (AvgIpc) is 4.13. The van der Waals surface area contributed by atoms with Crippen molar-refractivity contribution in [3.63, 3.8) is 0 Å². The topological polar surface area (TPSA) is 222 Å². The van der Waals surface area contributed by atoms with E-state index in [4.69, 9.17) is 18.9 Å². The largest absolute Gasteiger partial charge is 0.451 e. The lowest BCUT2D eigenvalue weighted by Crippen LogP contribution is -2.55. The van der Waals surface area contributed by atoms with Crippen LogP contribution in [-0.4, -0.2) is 163 Å². The Hall–Kier alpha value is -6.42. The van der Waals surface area contributed by atoms with E-state index < -0.39 is 96.1 Å². The minimum Gasteiger partial charge on any atom is -0.451 e. The molecule has 3 heterocycles. The molecule has 2 aromatic heterocycles. The summed E-state index contributed by atoms with van der Waals surface area (Å²) >= 11 is 6.86. The molecule has 82 heavy (non-hydrogen) atoms. The summed E-state index contributed by atoms with van der Waals surface area (Å²) < 4.78 is 29.3. The van der Waals surface area contributed by atoms with Crippen LogP contribution in [0.3, 0.4) is 0 Å². The molecule has 4 aromatic rings. The molecule has 4 amide bonds. The maximum absolute atomic E-state index is 15.1. The first kappa shape index (κ1) is 66.4. The van der Waals surface area contributed by atoms with Crippen LogP contribution in [0.15, 0.2) is 82.3 Å². The van der Waals surface area contributed by atoms with Gasteiger partial charge < -0.3 is 38.5 Å². The third-order valence-corrected chi connectivity index (χ3v) is 15.0. The molecule has 20 nitrogen and oxygen atoms in total. The summed E-state index contributed by atoms with van der Waals surface area (Å²) in [4.78, 5) is 122. The monoisotopic (exact) mass is 1260 g/mol. The van der Waals surface area contributed by atoms with E-state index >= 15 is 9.59 Å². The van der Waals surface area contributed by atoms with Crippen LogP contribution in [0.2, 0.25) is 0 Å². The summed E-state index contributed by atoms with van der Waals surface area (Å²) in [6.07, 6.45) is 0.849. The number of aromatic nitrogens is 4. The maximum Gasteiger partial charge on any atom is 0.329 e. The Morgan fingerprint density at radius 2 is 0.720 bits per heavy atom. The van der Waals surface area contributed by atoms with Crippen LogP contribution in [-0.2, 0) is 83.2 Å². The molecule has 0 radical (unpaired) electrons. The number of rotatable bonds is 16. The lowest BCUT2D eigenvalue weighted by Gasteiger charge is -2.35. The molecule has 1 fully saturated rings. The minimum absolute atomic E-state index is 0.0747. The van der Waals surface area contributed by atoms with E-state index in [1.807, 2.05) is 92.0 Å². The smallest absolute Gasteiger partial charge is 0.329 e. The van der Waals surface area contributed by atoms with Gasteiger partial charge in [-0.3, -0.25) is 28.5 Å². The third kappa shape index (κ3) is 18.8. The lowest BCUT2D eigenvalue weighted by atomic mass is 9.99. The summed E-state index contributed by atoms with van der Waals surface area (Å²) in [7, 11) is 5.56. The number of likely N-dealkylation sites (N-methyl/N-ethyl adjacent to an activating group) is 4. The van der Waals surface area contributed by atoms with Gasteiger partial charge in [-0.25, -0.2) is 19.2 Å². The van der Waals surface area contributed by atoms with E-state index in [0.717, 1.165) is 39.7 Å².